The average Bonchev–Trinajstić information content (AvgIpc) is 2.26. The Morgan fingerprint density at radius 1 is 1.38 bits per heavy atom. The molecule has 0 saturated carbocycles. The first-order chi connectivity index (χ1) is 7.76. The summed E-state index contributed by atoms with van der Waals surface area (Å²) in [6.45, 7) is 2.19. The van der Waals surface area contributed by atoms with Crippen molar-refractivity contribution in [2.24, 2.45) is 0 Å². The van der Waals surface area contributed by atoms with Crippen LogP contribution in [-0.4, -0.2) is 25.1 Å². The second kappa shape index (κ2) is 6.83. The summed E-state index contributed by atoms with van der Waals surface area (Å²) in [5.74, 6) is 4.97. The van der Waals surface area contributed by atoms with Crippen molar-refractivity contribution in [3.8, 4) is 17.6 Å². The smallest absolute Gasteiger partial charge is 0.189 e. The molecule has 0 aliphatic rings. The molecule has 0 fully saturated rings. The minimum atomic E-state index is -0.434. The molecule has 0 aliphatic carbocycles. The van der Waals surface area contributed by atoms with E-state index in [1.807, 2.05) is 6.92 Å². The first-order valence-corrected chi connectivity index (χ1v) is 4.87. The van der Waals surface area contributed by atoms with Crippen LogP contribution in [0.2, 0.25) is 0 Å². The Bertz CT molecular complexity index is 393. The van der Waals surface area contributed by atoms with Crippen LogP contribution < -0.4 is 4.74 Å². The summed E-state index contributed by atoms with van der Waals surface area (Å²) in [4.78, 5) is 0. The molecule has 1 aromatic rings. The van der Waals surface area contributed by atoms with E-state index in [2.05, 4.69) is 11.8 Å². The van der Waals surface area contributed by atoms with E-state index < -0.39 is 5.82 Å². The Hall–Kier alpha value is -1.57. The minimum absolute atomic E-state index is 0.0762. The van der Waals surface area contributed by atoms with Gasteiger partial charge in [0.05, 0.1) is 0 Å². The zero-order chi connectivity index (χ0) is 11.8. The van der Waals surface area contributed by atoms with Crippen LogP contribution in [0.15, 0.2) is 18.2 Å². The zero-order valence-corrected chi connectivity index (χ0v) is 9.00. The third kappa shape index (κ3) is 4.30. The summed E-state index contributed by atoms with van der Waals surface area (Å²) < 4.78 is 23.2. The summed E-state index contributed by atoms with van der Waals surface area (Å²) in [5, 5.41) is 8.52. The normalized spacial score (nSPS) is 9.44. The van der Waals surface area contributed by atoms with Crippen LogP contribution >= 0.6 is 0 Å². The fraction of sp³-hybridized carbons (Fsp3) is 0.333. The maximum Gasteiger partial charge on any atom is 0.189 e. The average molecular weight is 224 g/mol. The van der Waals surface area contributed by atoms with Crippen molar-refractivity contribution in [1.29, 1.82) is 0 Å². The van der Waals surface area contributed by atoms with Gasteiger partial charge in [-0.15, -0.1) is 0 Å². The summed E-state index contributed by atoms with van der Waals surface area (Å²) in [7, 11) is 0. The first-order valence-electron chi connectivity index (χ1n) is 4.87. The van der Waals surface area contributed by atoms with Gasteiger partial charge >= 0.3 is 0 Å². The maximum atomic E-state index is 13.1. The Labute approximate surface area is 93.8 Å². The van der Waals surface area contributed by atoms with Crippen molar-refractivity contribution in [3.05, 3.63) is 29.6 Å². The van der Waals surface area contributed by atoms with Crippen molar-refractivity contribution in [3.63, 3.8) is 0 Å². The van der Waals surface area contributed by atoms with E-state index in [9.17, 15) is 4.39 Å². The lowest BCUT2D eigenvalue weighted by Crippen LogP contribution is -2.02. The van der Waals surface area contributed by atoms with Gasteiger partial charge in [0.15, 0.2) is 6.79 Å². The Morgan fingerprint density at radius 2 is 2.19 bits per heavy atom. The molecule has 3 nitrogen and oxygen atoms in total. The van der Waals surface area contributed by atoms with Crippen LogP contribution in [0.5, 0.6) is 5.75 Å². The number of hydrogen-bond donors (Lipinski definition) is 1. The highest BCUT2D eigenvalue weighted by molar-refractivity contribution is 5.40. The highest BCUT2D eigenvalue weighted by atomic mass is 19.1. The van der Waals surface area contributed by atoms with Crippen LogP contribution in [0.3, 0.4) is 0 Å². The molecule has 1 aromatic carbocycles. The first kappa shape index (κ1) is 12.5. The van der Waals surface area contributed by atoms with Gasteiger partial charge in [-0.3, -0.25) is 0 Å². The van der Waals surface area contributed by atoms with Crippen molar-refractivity contribution >= 4 is 0 Å². The van der Waals surface area contributed by atoms with E-state index >= 15 is 0 Å². The Morgan fingerprint density at radius 3 is 2.88 bits per heavy atom. The third-order valence-electron chi connectivity index (χ3n) is 1.70. The predicted molar refractivity (Wildman–Crippen MR) is 57.5 cm³/mol. The van der Waals surface area contributed by atoms with Crippen LogP contribution in [0.4, 0.5) is 4.39 Å². The second-order valence-corrected chi connectivity index (χ2v) is 2.89. The number of aliphatic hydroxyl groups is 1. The molecule has 0 aliphatic heterocycles. The van der Waals surface area contributed by atoms with E-state index in [1.165, 1.54) is 12.1 Å². The molecule has 0 aromatic heterocycles. The van der Waals surface area contributed by atoms with E-state index in [0.717, 1.165) is 0 Å². The van der Waals surface area contributed by atoms with Crippen molar-refractivity contribution in [1.82, 2.24) is 0 Å². The number of aliphatic hydroxyl groups excluding tert-OH is 1. The Kier molecular flexibility index (Phi) is 5.34. The van der Waals surface area contributed by atoms with E-state index in [1.54, 1.807) is 6.07 Å². The molecule has 0 radical (unpaired) electrons. The summed E-state index contributed by atoms with van der Waals surface area (Å²) in [5.41, 5.74) is 0.459. The van der Waals surface area contributed by atoms with Gasteiger partial charge in [0.25, 0.3) is 0 Å². The quantitative estimate of drug-likeness (QED) is 0.479. The van der Waals surface area contributed by atoms with Crippen LogP contribution in [-0.2, 0) is 4.74 Å². The third-order valence-corrected chi connectivity index (χ3v) is 1.70. The minimum Gasteiger partial charge on any atom is -0.467 e. The van der Waals surface area contributed by atoms with Crippen molar-refractivity contribution in [2.45, 2.75) is 6.92 Å². The number of ether oxygens (including phenoxy) is 2. The highest BCUT2D eigenvalue weighted by Gasteiger charge is 2.00. The van der Waals surface area contributed by atoms with E-state index in [-0.39, 0.29) is 13.4 Å². The summed E-state index contributed by atoms with van der Waals surface area (Å²) in [6.07, 6.45) is 0. The van der Waals surface area contributed by atoms with E-state index in [0.29, 0.717) is 17.9 Å². The van der Waals surface area contributed by atoms with Crippen LogP contribution in [0.1, 0.15) is 12.5 Å². The van der Waals surface area contributed by atoms with Gasteiger partial charge in [-0.25, -0.2) is 4.39 Å². The van der Waals surface area contributed by atoms with Gasteiger partial charge in [0.1, 0.15) is 18.2 Å². The van der Waals surface area contributed by atoms with Gasteiger partial charge in [0, 0.05) is 18.2 Å². The lowest BCUT2D eigenvalue weighted by Gasteiger charge is -2.06. The SMILES string of the molecule is CCOCOc1cc(F)cc(C#CCO)c1. The Balaban J connectivity index is 2.73. The molecule has 0 amide bonds. The van der Waals surface area contributed by atoms with Crippen LogP contribution in [0.25, 0.3) is 0 Å². The molecule has 16 heavy (non-hydrogen) atoms. The largest absolute Gasteiger partial charge is 0.467 e. The van der Waals surface area contributed by atoms with E-state index in [4.69, 9.17) is 14.6 Å². The molecule has 0 bridgehead atoms. The predicted octanol–water partition coefficient (Wildman–Crippen LogP) is 1.54. The van der Waals surface area contributed by atoms with Gasteiger partial charge in [-0.2, -0.15) is 0 Å². The molecule has 1 rings (SSSR count). The molecular weight excluding hydrogens is 211 g/mol. The van der Waals surface area contributed by atoms with Gasteiger partial charge in [-0.1, -0.05) is 11.8 Å². The number of rotatable bonds is 4. The number of benzene rings is 1. The molecule has 0 heterocycles. The maximum absolute atomic E-state index is 13.1. The number of hydrogen-bond acceptors (Lipinski definition) is 3. The van der Waals surface area contributed by atoms with Crippen molar-refractivity contribution < 1.29 is 19.0 Å². The molecule has 0 atom stereocenters. The molecule has 1 N–H and O–H groups in total. The van der Waals surface area contributed by atoms with Crippen molar-refractivity contribution in [2.75, 3.05) is 20.0 Å². The fourth-order valence-electron chi connectivity index (χ4n) is 1.05. The topological polar surface area (TPSA) is 38.7 Å². The van der Waals surface area contributed by atoms with Gasteiger partial charge in [0.2, 0.25) is 0 Å². The molecule has 0 unspecified atom stereocenters. The molecule has 0 saturated heterocycles. The molecule has 4 heteroatoms. The fourth-order valence-corrected chi connectivity index (χ4v) is 1.05. The second-order valence-electron chi connectivity index (χ2n) is 2.89. The van der Waals surface area contributed by atoms with Gasteiger partial charge < -0.3 is 14.6 Å². The lowest BCUT2D eigenvalue weighted by molar-refractivity contribution is 0.0222. The zero-order valence-electron chi connectivity index (χ0n) is 9.00. The summed E-state index contributed by atoms with van der Waals surface area (Å²) >= 11 is 0. The van der Waals surface area contributed by atoms with Gasteiger partial charge in [-0.05, 0) is 19.1 Å². The highest BCUT2D eigenvalue weighted by Crippen LogP contribution is 2.15. The molecule has 0 spiro atoms. The standard InChI is InChI=1S/C12H13FO3/c1-2-15-9-16-12-7-10(4-3-5-14)6-11(13)8-12/h6-8,14H,2,5,9H2,1H3. The molecular formula is C12H13FO3. The lowest BCUT2D eigenvalue weighted by atomic mass is 10.2. The summed E-state index contributed by atoms with van der Waals surface area (Å²) in [6, 6.07) is 4.12. The van der Waals surface area contributed by atoms with Crippen LogP contribution in [0, 0.1) is 17.7 Å². The monoisotopic (exact) mass is 224 g/mol. The number of halogens is 1. The molecule has 86 valence electrons.